The number of carbonyl (C=O) groups excluding carboxylic acids is 1. The van der Waals surface area contributed by atoms with E-state index in [9.17, 15) is 4.79 Å². The highest BCUT2D eigenvalue weighted by molar-refractivity contribution is 6.34. The molecule has 132 valence electrons. The van der Waals surface area contributed by atoms with Crippen LogP contribution in [0.3, 0.4) is 0 Å². The second-order valence-electron chi connectivity index (χ2n) is 5.60. The Labute approximate surface area is 151 Å². The van der Waals surface area contributed by atoms with Crippen molar-refractivity contribution in [2.24, 2.45) is 0 Å². The summed E-state index contributed by atoms with van der Waals surface area (Å²) >= 11 is 6.22. The molecular weight excluding hydrogens is 344 g/mol. The molecule has 7 heteroatoms. The zero-order valence-electron chi connectivity index (χ0n) is 14.0. The zero-order valence-corrected chi connectivity index (χ0v) is 14.7. The molecule has 0 aliphatic carbocycles. The third-order valence-electron chi connectivity index (χ3n) is 3.94. The third-order valence-corrected chi connectivity index (χ3v) is 4.23. The lowest BCUT2D eigenvalue weighted by Crippen LogP contribution is -2.44. The highest BCUT2D eigenvalue weighted by atomic mass is 35.5. The summed E-state index contributed by atoms with van der Waals surface area (Å²) in [5.41, 5.74) is 1.46. The molecule has 2 N–H and O–H groups in total. The summed E-state index contributed by atoms with van der Waals surface area (Å²) in [4.78, 5) is 12.3. The van der Waals surface area contributed by atoms with Crippen LogP contribution in [0.4, 0.5) is 10.5 Å². The van der Waals surface area contributed by atoms with Gasteiger partial charge in [0.05, 0.1) is 25.3 Å². The van der Waals surface area contributed by atoms with Gasteiger partial charge in [0.15, 0.2) is 0 Å². The van der Waals surface area contributed by atoms with E-state index in [0.717, 1.165) is 11.3 Å². The van der Waals surface area contributed by atoms with Gasteiger partial charge in [-0.05, 0) is 18.1 Å². The number of carbonyl (C=O) groups is 1. The van der Waals surface area contributed by atoms with Gasteiger partial charge >= 0.3 is 6.03 Å². The van der Waals surface area contributed by atoms with Crippen molar-refractivity contribution in [2.75, 3.05) is 26.1 Å². The Balaban J connectivity index is 1.68. The Morgan fingerprint density at radius 3 is 2.80 bits per heavy atom. The Kier molecular flexibility index (Phi) is 5.19. The van der Waals surface area contributed by atoms with E-state index in [0.29, 0.717) is 35.2 Å². The average Bonchev–Trinajstić information content (AvgIpc) is 2.63. The number of halogens is 1. The summed E-state index contributed by atoms with van der Waals surface area (Å²) in [5.74, 6) is 1.83. The Hall–Kier alpha value is -2.60. The molecule has 1 heterocycles. The van der Waals surface area contributed by atoms with Crippen LogP contribution in [-0.4, -0.2) is 32.9 Å². The quantitative estimate of drug-likeness (QED) is 0.873. The summed E-state index contributed by atoms with van der Waals surface area (Å²) in [6.07, 6.45) is 0.705. The number of amides is 2. The first-order valence-electron chi connectivity index (χ1n) is 7.80. The number of benzene rings is 2. The van der Waals surface area contributed by atoms with Crippen molar-refractivity contribution in [3.05, 3.63) is 47.0 Å². The molecule has 0 fully saturated rings. The fourth-order valence-corrected chi connectivity index (χ4v) is 2.96. The van der Waals surface area contributed by atoms with E-state index in [-0.39, 0.29) is 12.1 Å². The molecule has 25 heavy (non-hydrogen) atoms. The van der Waals surface area contributed by atoms with Gasteiger partial charge in [-0.3, -0.25) is 0 Å². The van der Waals surface area contributed by atoms with Crippen molar-refractivity contribution < 1.29 is 19.0 Å². The van der Waals surface area contributed by atoms with Gasteiger partial charge in [-0.1, -0.05) is 29.8 Å². The van der Waals surface area contributed by atoms with Crippen LogP contribution in [0.1, 0.15) is 5.56 Å². The summed E-state index contributed by atoms with van der Waals surface area (Å²) < 4.78 is 16.1. The SMILES string of the molecule is COc1cc(Cl)c(NC(=O)N[C@H]2COc3ccccc3C2)c(OC)c1. The minimum atomic E-state index is -0.377. The van der Waals surface area contributed by atoms with Crippen molar-refractivity contribution in [3.8, 4) is 17.2 Å². The topological polar surface area (TPSA) is 68.8 Å². The van der Waals surface area contributed by atoms with Crippen LogP contribution in [0.2, 0.25) is 5.02 Å². The minimum absolute atomic E-state index is 0.127. The Morgan fingerprint density at radius 1 is 1.24 bits per heavy atom. The van der Waals surface area contributed by atoms with E-state index < -0.39 is 0 Å². The van der Waals surface area contributed by atoms with Gasteiger partial charge in [-0.25, -0.2) is 4.79 Å². The molecule has 0 aromatic heterocycles. The van der Waals surface area contributed by atoms with E-state index in [4.69, 9.17) is 25.8 Å². The van der Waals surface area contributed by atoms with E-state index in [1.54, 1.807) is 12.1 Å². The van der Waals surface area contributed by atoms with Crippen LogP contribution in [0.15, 0.2) is 36.4 Å². The van der Waals surface area contributed by atoms with Gasteiger partial charge in [0, 0.05) is 12.1 Å². The molecule has 0 bridgehead atoms. The predicted molar refractivity (Wildman–Crippen MR) is 96.1 cm³/mol. The number of para-hydroxylation sites is 1. The zero-order chi connectivity index (χ0) is 17.8. The highest BCUT2D eigenvalue weighted by Crippen LogP contribution is 2.36. The molecule has 0 unspecified atom stereocenters. The van der Waals surface area contributed by atoms with Crippen molar-refractivity contribution in [2.45, 2.75) is 12.5 Å². The molecule has 3 rings (SSSR count). The molecule has 2 amide bonds. The van der Waals surface area contributed by atoms with Crippen LogP contribution in [0.25, 0.3) is 0 Å². The van der Waals surface area contributed by atoms with Crippen molar-refractivity contribution in [1.82, 2.24) is 5.32 Å². The maximum atomic E-state index is 12.3. The van der Waals surface area contributed by atoms with Crippen LogP contribution >= 0.6 is 11.6 Å². The van der Waals surface area contributed by atoms with Gasteiger partial charge in [0.1, 0.15) is 29.5 Å². The Morgan fingerprint density at radius 2 is 2.04 bits per heavy atom. The van der Waals surface area contributed by atoms with Crippen molar-refractivity contribution in [1.29, 1.82) is 0 Å². The lowest BCUT2D eigenvalue weighted by atomic mass is 10.0. The molecule has 0 saturated heterocycles. The number of urea groups is 1. The Bertz CT molecular complexity index is 782. The predicted octanol–water partition coefficient (Wildman–Crippen LogP) is 3.48. The minimum Gasteiger partial charge on any atom is -0.497 e. The average molecular weight is 363 g/mol. The van der Waals surface area contributed by atoms with Crippen LogP contribution in [0.5, 0.6) is 17.2 Å². The molecular formula is C18H19ClN2O4. The number of anilines is 1. The third kappa shape index (κ3) is 3.91. The summed E-state index contributed by atoms with van der Waals surface area (Å²) in [6.45, 7) is 0.415. The van der Waals surface area contributed by atoms with Crippen LogP contribution in [0, 0.1) is 0 Å². The van der Waals surface area contributed by atoms with Crippen LogP contribution in [-0.2, 0) is 6.42 Å². The van der Waals surface area contributed by atoms with E-state index in [1.165, 1.54) is 14.2 Å². The van der Waals surface area contributed by atoms with E-state index in [1.807, 2.05) is 24.3 Å². The van der Waals surface area contributed by atoms with Crippen molar-refractivity contribution in [3.63, 3.8) is 0 Å². The molecule has 6 nitrogen and oxygen atoms in total. The van der Waals surface area contributed by atoms with E-state index in [2.05, 4.69) is 10.6 Å². The number of ether oxygens (including phenoxy) is 3. The second-order valence-corrected chi connectivity index (χ2v) is 6.01. The maximum Gasteiger partial charge on any atom is 0.319 e. The molecule has 0 saturated carbocycles. The molecule has 0 spiro atoms. The summed E-state index contributed by atoms with van der Waals surface area (Å²) in [6, 6.07) is 10.6. The molecule has 1 atom stereocenters. The van der Waals surface area contributed by atoms with Gasteiger partial charge in [0.2, 0.25) is 0 Å². The number of fused-ring (bicyclic) bond motifs is 1. The fraction of sp³-hybridized carbons (Fsp3) is 0.278. The largest absolute Gasteiger partial charge is 0.497 e. The highest BCUT2D eigenvalue weighted by Gasteiger charge is 2.22. The molecule has 2 aromatic carbocycles. The number of methoxy groups -OCH3 is 2. The number of hydrogen-bond acceptors (Lipinski definition) is 4. The number of nitrogens with one attached hydrogen (secondary N) is 2. The summed E-state index contributed by atoms with van der Waals surface area (Å²) in [5, 5.41) is 5.96. The maximum absolute atomic E-state index is 12.3. The van der Waals surface area contributed by atoms with Gasteiger partial charge in [-0.2, -0.15) is 0 Å². The normalized spacial score (nSPS) is 15.6. The molecule has 1 aliphatic heterocycles. The van der Waals surface area contributed by atoms with Crippen molar-refractivity contribution >= 4 is 23.3 Å². The monoisotopic (exact) mass is 362 g/mol. The first-order valence-corrected chi connectivity index (χ1v) is 8.18. The van der Waals surface area contributed by atoms with Crippen LogP contribution < -0.4 is 24.8 Å². The first-order chi connectivity index (χ1) is 12.1. The van der Waals surface area contributed by atoms with Gasteiger partial charge in [0.25, 0.3) is 0 Å². The first kappa shape index (κ1) is 17.2. The molecule has 0 radical (unpaired) electrons. The smallest absolute Gasteiger partial charge is 0.319 e. The number of rotatable bonds is 4. The number of hydrogen-bond donors (Lipinski definition) is 2. The standard InChI is InChI=1S/C18H19ClN2O4/c1-23-13-8-14(19)17(16(9-13)24-2)21-18(22)20-12-7-11-5-3-4-6-15(11)25-10-12/h3-6,8-9,12H,7,10H2,1-2H3,(H2,20,21,22)/t12-/m1/s1. The van der Waals surface area contributed by atoms with Gasteiger partial charge < -0.3 is 24.8 Å². The molecule has 1 aliphatic rings. The second kappa shape index (κ2) is 7.53. The lowest BCUT2D eigenvalue weighted by molar-refractivity contribution is 0.222. The summed E-state index contributed by atoms with van der Waals surface area (Å²) in [7, 11) is 3.03. The van der Waals surface area contributed by atoms with E-state index >= 15 is 0 Å². The molecule has 2 aromatic rings. The lowest BCUT2D eigenvalue weighted by Gasteiger charge is -2.26. The van der Waals surface area contributed by atoms with Gasteiger partial charge in [-0.15, -0.1) is 0 Å². The fourth-order valence-electron chi connectivity index (χ4n) is 2.71.